The molecular weight excluding hydrogens is 648 g/mol. The lowest BCUT2D eigenvalue weighted by molar-refractivity contribution is -0.121. The molecule has 3 aromatic carbocycles. The molecule has 0 aliphatic heterocycles. The van der Waals surface area contributed by atoms with Crippen molar-refractivity contribution in [2.24, 2.45) is 0 Å². The van der Waals surface area contributed by atoms with Gasteiger partial charge in [-0.25, -0.2) is 13.6 Å². The van der Waals surface area contributed by atoms with Gasteiger partial charge in [0, 0.05) is 43.1 Å². The molecule has 0 spiro atoms. The van der Waals surface area contributed by atoms with Crippen molar-refractivity contribution in [1.29, 1.82) is 0 Å². The molecule has 1 N–H and O–H groups in total. The van der Waals surface area contributed by atoms with E-state index < -0.39 is 41.6 Å². The highest BCUT2D eigenvalue weighted by atomic mass is 32.1. The Morgan fingerprint density at radius 1 is 0.898 bits per heavy atom. The third-order valence-electron chi connectivity index (χ3n) is 9.16. The van der Waals surface area contributed by atoms with E-state index in [1.807, 2.05) is 61.6 Å². The molecule has 0 unspecified atom stereocenters. The van der Waals surface area contributed by atoms with Crippen LogP contribution in [0, 0.1) is 11.6 Å². The van der Waals surface area contributed by atoms with Gasteiger partial charge in [0.05, 0.1) is 18.0 Å². The Kier molecular flexibility index (Phi) is 10.6. The fourth-order valence-corrected chi connectivity index (χ4v) is 8.03. The number of aliphatic hydroxyl groups excluding tert-OH is 1. The molecule has 1 aliphatic rings. The third-order valence-corrected chi connectivity index (χ3v) is 10.5. The number of aliphatic hydroxyl groups is 1. The molecule has 1 saturated carbocycles. The average molecular weight is 688 g/mol. The normalized spacial score (nSPS) is 16.4. The number of aromatic nitrogens is 2. The Morgan fingerprint density at radius 2 is 1.57 bits per heavy atom. The number of thiophene rings is 1. The molecule has 2 heterocycles. The first-order valence-corrected chi connectivity index (χ1v) is 17.2. The van der Waals surface area contributed by atoms with Gasteiger partial charge in [0.2, 0.25) is 0 Å². The summed E-state index contributed by atoms with van der Waals surface area (Å²) in [6.07, 6.45) is 1.45. The molecule has 1 aliphatic carbocycles. The molecule has 0 bridgehead atoms. The largest absolute Gasteiger partial charge is 0.393 e. The van der Waals surface area contributed by atoms with Crippen molar-refractivity contribution >= 4 is 27.3 Å². The number of nitrogens with zero attached hydrogens (tertiary/aromatic N) is 3. The van der Waals surface area contributed by atoms with Crippen LogP contribution >= 0.6 is 11.3 Å². The van der Waals surface area contributed by atoms with Gasteiger partial charge in [-0.2, -0.15) is 0 Å². The molecule has 49 heavy (non-hydrogen) atoms. The van der Waals surface area contributed by atoms with Gasteiger partial charge in [-0.05, 0) is 67.1 Å². The summed E-state index contributed by atoms with van der Waals surface area (Å²) in [6, 6.07) is 20.5. The van der Waals surface area contributed by atoms with Crippen molar-refractivity contribution in [3.05, 3.63) is 128 Å². The summed E-state index contributed by atoms with van der Waals surface area (Å²) in [5.41, 5.74) is 2.04. The van der Waals surface area contributed by atoms with E-state index in [1.54, 1.807) is 0 Å². The van der Waals surface area contributed by atoms with Gasteiger partial charge in [-0.15, -0.1) is 11.3 Å². The minimum Gasteiger partial charge on any atom is -0.393 e. The van der Waals surface area contributed by atoms with E-state index in [-0.39, 0.29) is 24.4 Å². The van der Waals surface area contributed by atoms with E-state index in [9.17, 15) is 19.5 Å². The number of rotatable bonds is 12. The van der Waals surface area contributed by atoms with Gasteiger partial charge in [-0.1, -0.05) is 60.7 Å². The fourth-order valence-electron chi connectivity index (χ4n) is 6.72. The first-order valence-electron chi connectivity index (χ1n) is 16.4. The van der Waals surface area contributed by atoms with Crippen LogP contribution in [0.2, 0.25) is 0 Å². The van der Waals surface area contributed by atoms with Crippen LogP contribution in [0.25, 0.3) is 20.7 Å². The maximum atomic E-state index is 15.1. The highest BCUT2D eigenvalue weighted by Crippen LogP contribution is 2.39. The number of Topliss-reactive ketones (excluding diaryl/α,β-unsaturated/α-hetero) is 1. The molecule has 5 aromatic rings. The number of halogens is 2. The second kappa shape index (κ2) is 15.1. The van der Waals surface area contributed by atoms with Crippen LogP contribution in [0.15, 0.2) is 82.4 Å². The van der Waals surface area contributed by atoms with E-state index >= 15 is 8.78 Å². The summed E-state index contributed by atoms with van der Waals surface area (Å²) in [5, 5.41) is 10.5. The highest BCUT2D eigenvalue weighted by Gasteiger charge is 2.29. The number of benzene rings is 3. The third kappa shape index (κ3) is 7.50. The molecule has 0 amide bonds. The number of fused-ring (bicyclic) bond motifs is 1. The highest BCUT2D eigenvalue weighted by molar-refractivity contribution is 7.22. The number of hydrogen-bond donors (Lipinski definition) is 1. The quantitative estimate of drug-likeness (QED) is 0.171. The van der Waals surface area contributed by atoms with Crippen molar-refractivity contribution in [3.8, 4) is 10.4 Å². The molecule has 1 fully saturated rings. The summed E-state index contributed by atoms with van der Waals surface area (Å²) >= 11 is 1.25. The number of methoxy groups -OCH3 is 1. The van der Waals surface area contributed by atoms with E-state index in [0.717, 1.165) is 33.7 Å². The second-order valence-electron chi connectivity index (χ2n) is 12.8. The number of carbonyl (C=O) groups excluding carboxylic acids is 1. The Hall–Kier alpha value is -4.29. The molecule has 0 radical (unpaired) electrons. The van der Waals surface area contributed by atoms with Crippen LogP contribution in [0.1, 0.15) is 54.0 Å². The fraction of sp³-hybridized carbons (Fsp3) is 0.342. The number of ketones is 1. The molecule has 256 valence electrons. The first kappa shape index (κ1) is 34.6. The predicted octanol–water partition coefficient (Wildman–Crippen LogP) is 6.08. The average Bonchev–Trinajstić information content (AvgIpc) is 3.45. The van der Waals surface area contributed by atoms with Crippen LogP contribution in [-0.4, -0.2) is 51.8 Å². The van der Waals surface area contributed by atoms with Crippen molar-refractivity contribution in [3.63, 3.8) is 0 Å². The van der Waals surface area contributed by atoms with E-state index in [1.165, 1.54) is 33.6 Å². The molecule has 0 atom stereocenters. The first-order chi connectivity index (χ1) is 23.6. The SMILES string of the molecule is COCC(=O)Cc1ccc(-c2sc3c(c2CN(C)Cc2ccccc2)c(=O)n(C2CCC(O)CC2)c(=O)n3Cc2c(F)cccc2F)cc1. The van der Waals surface area contributed by atoms with E-state index in [4.69, 9.17) is 4.74 Å². The van der Waals surface area contributed by atoms with Gasteiger partial charge >= 0.3 is 5.69 Å². The Morgan fingerprint density at radius 3 is 2.22 bits per heavy atom. The standard InChI is InChI=1S/C38H39F2N3O5S/c1-41(20-25-7-4-3-5-8-25)21-31-34-36(46)43(27-15-17-28(44)18-16-27)38(47)42(22-30-32(39)9-6-10-33(30)40)37(34)49-35(31)26-13-11-24(12-14-26)19-29(45)23-48-2/h3-14,27-28,44H,15-23H2,1-2H3. The van der Waals surface area contributed by atoms with Crippen LogP contribution in [-0.2, 0) is 35.6 Å². The molecular formula is C38H39F2N3O5S. The van der Waals surface area contributed by atoms with Gasteiger partial charge in [-0.3, -0.25) is 23.6 Å². The zero-order chi connectivity index (χ0) is 34.7. The van der Waals surface area contributed by atoms with Crippen LogP contribution in [0.3, 0.4) is 0 Å². The number of hydrogen-bond acceptors (Lipinski definition) is 7. The molecule has 8 nitrogen and oxygen atoms in total. The minimum absolute atomic E-state index is 0.0162. The number of ether oxygens (including phenoxy) is 1. The zero-order valence-corrected chi connectivity index (χ0v) is 28.3. The van der Waals surface area contributed by atoms with Crippen LogP contribution < -0.4 is 11.2 Å². The monoisotopic (exact) mass is 687 g/mol. The predicted molar refractivity (Wildman–Crippen MR) is 187 cm³/mol. The lowest BCUT2D eigenvalue weighted by atomic mass is 9.93. The maximum absolute atomic E-state index is 15.1. The van der Waals surface area contributed by atoms with Gasteiger partial charge in [0.25, 0.3) is 5.56 Å². The van der Waals surface area contributed by atoms with Crippen molar-refractivity contribution in [2.75, 3.05) is 20.8 Å². The summed E-state index contributed by atoms with van der Waals surface area (Å²) in [7, 11) is 3.43. The van der Waals surface area contributed by atoms with Gasteiger partial charge < -0.3 is 9.84 Å². The van der Waals surface area contributed by atoms with Crippen molar-refractivity contribution in [2.45, 2.75) is 63.9 Å². The minimum atomic E-state index is -0.781. The Bertz CT molecular complexity index is 2050. The lowest BCUT2D eigenvalue weighted by Crippen LogP contribution is -2.43. The Labute approximate surface area is 286 Å². The number of carbonyl (C=O) groups is 1. The smallest absolute Gasteiger partial charge is 0.332 e. The topological polar surface area (TPSA) is 93.8 Å². The maximum Gasteiger partial charge on any atom is 0.332 e. The zero-order valence-electron chi connectivity index (χ0n) is 27.5. The molecule has 11 heteroatoms. The van der Waals surface area contributed by atoms with Crippen LogP contribution in [0.5, 0.6) is 0 Å². The lowest BCUT2D eigenvalue weighted by Gasteiger charge is -2.27. The second-order valence-corrected chi connectivity index (χ2v) is 13.8. The summed E-state index contributed by atoms with van der Waals surface area (Å²) in [5.74, 6) is -1.62. The van der Waals surface area contributed by atoms with Crippen molar-refractivity contribution < 1.29 is 23.4 Å². The van der Waals surface area contributed by atoms with E-state index in [2.05, 4.69) is 4.90 Å². The van der Waals surface area contributed by atoms with Gasteiger partial charge in [0.15, 0.2) is 5.78 Å². The molecule has 6 rings (SSSR count). The molecule has 2 aromatic heterocycles. The van der Waals surface area contributed by atoms with Crippen LogP contribution in [0.4, 0.5) is 8.78 Å². The van der Waals surface area contributed by atoms with Gasteiger partial charge in [0.1, 0.15) is 23.1 Å². The molecule has 0 saturated heterocycles. The summed E-state index contributed by atoms with van der Waals surface area (Å²) in [6.45, 7) is 0.557. The van der Waals surface area contributed by atoms with E-state index in [0.29, 0.717) is 54.6 Å². The Balaban J connectivity index is 1.56. The summed E-state index contributed by atoms with van der Waals surface area (Å²) in [4.78, 5) is 44.3. The summed E-state index contributed by atoms with van der Waals surface area (Å²) < 4.78 is 37.7. The van der Waals surface area contributed by atoms with Crippen molar-refractivity contribution in [1.82, 2.24) is 14.0 Å².